The maximum Gasteiger partial charge on any atom is 0.277 e. The Morgan fingerprint density at radius 1 is 1.03 bits per heavy atom. The Morgan fingerprint density at radius 2 is 1.69 bits per heavy atom. The second kappa shape index (κ2) is 11.4. The van der Waals surface area contributed by atoms with Gasteiger partial charge in [-0.3, -0.25) is 14.3 Å². The summed E-state index contributed by atoms with van der Waals surface area (Å²) in [4.78, 5) is 21.1. The monoisotopic (exact) mass is 553 g/mol. The van der Waals surface area contributed by atoms with Gasteiger partial charge in [-0.15, -0.1) is 0 Å². The first kappa shape index (κ1) is 28.1. The van der Waals surface area contributed by atoms with Crippen molar-refractivity contribution in [2.75, 3.05) is 0 Å². The Bertz CT molecular complexity index is 1650. The van der Waals surface area contributed by atoms with Crippen LogP contribution < -0.4 is 5.56 Å². The molecular formula is C29H29F2N3O4S. The normalized spacial score (nSPS) is 12.4. The number of aromatic nitrogens is 3. The van der Waals surface area contributed by atoms with Crippen molar-refractivity contribution < 1.29 is 22.3 Å². The molecule has 204 valence electrons. The molecule has 0 saturated carbocycles. The number of sulfone groups is 1. The number of hydrogen-bond acceptors (Lipinski definition) is 6. The maximum atomic E-state index is 14.1. The minimum atomic E-state index is -4.52. The van der Waals surface area contributed by atoms with E-state index in [9.17, 15) is 27.1 Å². The summed E-state index contributed by atoms with van der Waals surface area (Å²) in [5.41, 5.74) is 1.47. The van der Waals surface area contributed by atoms with E-state index in [1.165, 1.54) is 12.1 Å². The molecule has 0 aliphatic heterocycles. The number of aryl methyl sites for hydroxylation is 2. The summed E-state index contributed by atoms with van der Waals surface area (Å²) in [6, 6.07) is 11.5. The zero-order chi connectivity index (χ0) is 28.3. The number of benzene rings is 2. The molecule has 2 aromatic carbocycles. The highest BCUT2D eigenvalue weighted by atomic mass is 32.2. The van der Waals surface area contributed by atoms with Gasteiger partial charge >= 0.3 is 0 Å². The van der Waals surface area contributed by atoms with Gasteiger partial charge in [-0.1, -0.05) is 38.5 Å². The average molecular weight is 554 g/mol. The highest BCUT2D eigenvalue weighted by Crippen LogP contribution is 2.31. The number of pyridine rings is 1. The quantitative estimate of drug-likeness (QED) is 0.282. The molecule has 0 saturated heterocycles. The molecule has 0 aliphatic carbocycles. The van der Waals surface area contributed by atoms with Crippen molar-refractivity contribution in [2.24, 2.45) is 0 Å². The fourth-order valence-corrected chi connectivity index (χ4v) is 6.02. The van der Waals surface area contributed by atoms with Crippen LogP contribution in [0.4, 0.5) is 8.78 Å². The molecule has 10 heteroatoms. The molecule has 2 heterocycles. The number of hydrogen-bond donors (Lipinski definition) is 1. The molecule has 7 nitrogen and oxygen atoms in total. The molecule has 0 amide bonds. The van der Waals surface area contributed by atoms with E-state index in [2.05, 4.69) is 9.97 Å². The molecule has 39 heavy (non-hydrogen) atoms. The van der Waals surface area contributed by atoms with E-state index in [-0.39, 0.29) is 29.1 Å². The molecule has 0 spiro atoms. The van der Waals surface area contributed by atoms with Crippen LogP contribution >= 0.6 is 0 Å². The van der Waals surface area contributed by atoms with Crippen molar-refractivity contribution in [3.05, 3.63) is 99.9 Å². The van der Waals surface area contributed by atoms with Crippen LogP contribution in [0.25, 0.3) is 11.1 Å². The van der Waals surface area contributed by atoms with E-state index in [0.29, 0.717) is 6.42 Å². The van der Waals surface area contributed by atoms with Crippen LogP contribution in [0.3, 0.4) is 0 Å². The van der Waals surface area contributed by atoms with Gasteiger partial charge in [0.05, 0.1) is 10.9 Å². The van der Waals surface area contributed by atoms with Crippen LogP contribution in [0.15, 0.2) is 75.4 Å². The second-order valence-electron chi connectivity index (χ2n) is 9.25. The zero-order valence-electron chi connectivity index (χ0n) is 21.9. The smallest absolute Gasteiger partial charge is 0.277 e. The summed E-state index contributed by atoms with van der Waals surface area (Å²) in [5.74, 6) is -2.42. The first-order valence-electron chi connectivity index (χ1n) is 12.7. The number of nitrogens with zero attached hydrogens (tertiary/aromatic N) is 3. The van der Waals surface area contributed by atoms with Crippen LogP contribution in [0.1, 0.15) is 56.2 Å². The highest BCUT2D eigenvalue weighted by molar-refractivity contribution is 7.91. The third-order valence-electron chi connectivity index (χ3n) is 6.60. The SMILES string of the molecule is CCCCc1nc(O)c(S(=O)(=O)c2ccc(-c3cccnc3C)cc2)c(=O)n1[C@@H](CC)c1cc(F)cc(F)c1. The predicted molar refractivity (Wildman–Crippen MR) is 143 cm³/mol. The molecule has 1 atom stereocenters. The molecule has 0 unspecified atom stereocenters. The van der Waals surface area contributed by atoms with Crippen molar-refractivity contribution >= 4 is 9.84 Å². The number of unbranched alkanes of at least 4 members (excludes halogenated alkanes) is 1. The zero-order valence-corrected chi connectivity index (χ0v) is 22.7. The van der Waals surface area contributed by atoms with Gasteiger partial charge in [-0.2, -0.15) is 4.98 Å². The number of aromatic hydroxyl groups is 1. The average Bonchev–Trinajstić information content (AvgIpc) is 2.89. The van der Waals surface area contributed by atoms with Gasteiger partial charge in [0.2, 0.25) is 15.7 Å². The lowest BCUT2D eigenvalue weighted by Crippen LogP contribution is -2.33. The Labute approximate surface area is 225 Å². The second-order valence-corrected chi connectivity index (χ2v) is 11.1. The standard InChI is InChI=1S/C29H29F2N3O4S/c1-4-6-9-26-33-28(35)27(29(36)34(26)25(5-2)20-15-21(30)17-22(31)16-20)39(37,38)23-12-10-19(11-13-23)24-8-7-14-32-18(24)3/h7-8,10-17,25,35H,4-6,9H2,1-3H3/t25-/m0/s1. The van der Waals surface area contributed by atoms with Crippen molar-refractivity contribution in [2.45, 2.75) is 62.3 Å². The van der Waals surface area contributed by atoms with E-state index in [0.717, 1.165) is 46.0 Å². The largest absolute Gasteiger partial charge is 0.492 e. The lowest BCUT2D eigenvalue weighted by molar-refractivity contribution is 0.406. The van der Waals surface area contributed by atoms with Crippen molar-refractivity contribution in [3.8, 4) is 17.0 Å². The summed E-state index contributed by atoms with van der Waals surface area (Å²) in [6.07, 6.45) is 3.47. The van der Waals surface area contributed by atoms with Crippen molar-refractivity contribution in [1.29, 1.82) is 0 Å². The molecule has 0 fully saturated rings. The third-order valence-corrected chi connectivity index (χ3v) is 8.39. The molecule has 0 radical (unpaired) electrons. The van der Waals surface area contributed by atoms with Crippen LogP contribution in [0.2, 0.25) is 0 Å². The first-order chi connectivity index (χ1) is 18.6. The lowest BCUT2D eigenvalue weighted by atomic mass is 10.0. The van der Waals surface area contributed by atoms with Gasteiger partial charge in [0, 0.05) is 29.9 Å². The van der Waals surface area contributed by atoms with Gasteiger partial charge in [0.1, 0.15) is 17.5 Å². The number of halogens is 2. The van der Waals surface area contributed by atoms with Gasteiger partial charge in [0.15, 0.2) is 4.90 Å². The molecule has 4 aromatic rings. The van der Waals surface area contributed by atoms with E-state index in [1.54, 1.807) is 31.3 Å². The van der Waals surface area contributed by atoms with Crippen LogP contribution in [0, 0.1) is 18.6 Å². The Balaban J connectivity index is 1.89. The summed E-state index contributed by atoms with van der Waals surface area (Å²) in [5, 5.41) is 10.7. The minimum absolute atomic E-state index is 0.136. The summed E-state index contributed by atoms with van der Waals surface area (Å²) < 4.78 is 56.7. The lowest BCUT2D eigenvalue weighted by Gasteiger charge is -2.23. The van der Waals surface area contributed by atoms with Crippen molar-refractivity contribution in [3.63, 3.8) is 0 Å². The van der Waals surface area contributed by atoms with E-state index in [4.69, 9.17) is 0 Å². The predicted octanol–water partition coefficient (Wildman–Crippen LogP) is 5.77. The third kappa shape index (κ3) is 5.61. The Morgan fingerprint density at radius 3 is 2.28 bits per heavy atom. The maximum absolute atomic E-state index is 14.1. The van der Waals surface area contributed by atoms with Gasteiger partial charge in [-0.25, -0.2) is 17.2 Å². The first-order valence-corrected chi connectivity index (χ1v) is 14.1. The highest BCUT2D eigenvalue weighted by Gasteiger charge is 2.31. The molecule has 4 rings (SSSR count). The van der Waals surface area contributed by atoms with Gasteiger partial charge in [-0.05, 0) is 61.2 Å². The minimum Gasteiger partial charge on any atom is -0.492 e. The molecule has 1 N–H and O–H groups in total. The Kier molecular flexibility index (Phi) is 8.25. The van der Waals surface area contributed by atoms with Gasteiger partial charge in [0.25, 0.3) is 5.56 Å². The van der Waals surface area contributed by atoms with Crippen LogP contribution in [-0.2, 0) is 16.3 Å². The van der Waals surface area contributed by atoms with Gasteiger partial charge < -0.3 is 5.11 Å². The van der Waals surface area contributed by atoms with E-state index >= 15 is 0 Å². The topological polar surface area (TPSA) is 102 Å². The summed E-state index contributed by atoms with van der Waals surface area (Å²) in [6.45, 7) is 5.47. The van der Waals surface area contributed by atoms with Crippen LogP contribution in [-0.4, -0.2) is 28.1 Å². The van der Waals surface area contributed by atoms with E-state index < -0.39 is 43.8 Å². The number of rotatable bonds is 9. The molecular weight excluding hydrogens is 524 g/mol. The molecule has 0 aliphatic rings. The summed E-state index contributed by atoms with van der Waals surface area (Å²) in [7, 11) is -4.52. The van der Waals surface area contributed by atoms with Crippen LogP contribution in [0.5, 0.6) is 5.88 Å². The summed E-state index contributed by atoms with van der Waals surface area (Å²) >= 11 is 0. The molecule has 0 bridgehead atoms. The van der Waals surface area contributed by atoms with E-state index in [1.807, 2.05) is 19.9 Å². The molecule has 2 aromatic heterocycles. The fourth-order valence-electron chi connectivity index (χ4n) is 4.67. The van der Waals surface area contributed by atoms with Crippen molar-refractivity contribution in [1.82, 2.24) is 14.5 Å². The Hall–Kier alpha value is -3.92. The fraction of sp³-hybridized carbons (Fsp3) is 0.276.